The molecule has 0 aliphatic rings. The minimum absolute atomic E-state index is 0.000656. The Morgan fingerprint density at radius 1 is 1.48 bits per heavy atom. The first kappa shape index (κ1) is 14.8. The topological polar surface area (TPSA) is 84.9 Å². The van der Waals surface area contributed by atoms with Crippen LogP contribution in [0.5, 0.6) is 0 Å². The molecule has 0 aromatic carbocycles. The molecule has 2 heterocycles. The van der Waals surface area contributed by atoms with Crippen LogP contribution in [-0.4, -0.2) is 22.7 Å². The number of pyridine rings is 1. The smallest absolute Gasteiger partial charge is 0.419 e. The first-order chi connectivity index (χ1) is 9.84. The summed E-state index contributed by atoms with van der Waals surface area (Å²) >= 11 is 0. The Balaban J connectivity index is 2.33. The normalized spacial score (nSPS) is 11.4. The van der Waals surface area contributed by atoms with E-state index in [1.807, 2.05) is 0 Å². The van der Waals surface area contributed by atoms with Gasteiger partial charge in [0.25, 0.3) is 11.6 Å². The Morgan fingerprint density at radius 3 is 2.71 bits per heavy atom. The van der Waals surface area contributed by atoms with E-state index in [1.54, 1.807) is 6.92 Å². The average Bonchev–Trinajstić information content (AvgIpc) is 2.80. The highest BCUT2D eigenvalue weighted by Crippen LogP contribution is 2.28. The number of nitrogens with two attached hydrogens (primary N) is 1. The number of ether oxygens (including phenoxy) is 1. The first-order valence-electron chi connectivity index (χ1n) is 5.94. The van der Waals surface area contributed by atoms with Crippen LogP contribution in [0.3, 0.4) is 0 Å². The lowest BCUT2D eigenvalue weighted by molar-refractivity contribution is -0.644. The highest BCUT2D eigenvalue weighted by atomic mass is 19.4. The monoisotopic (exact) mass is 301 g/mol. The molecule has 9 heteroatoms. The van der Waals surface area contributed by atoms with Crippen LogP contribution in [0.1, 0.15) is 22.8 Å². The lowest BCUT2D eigenvalue weighted by atomic mass is 10.3. The van der Waals surface area contributed by atoms with Crippen molar-refractivity contribution >= 4 is 11.8 Å². The Morgan fingerprint density at radius 2 is 2.19 bits per heavy atom. The van der Waals surface area contributed by atoms with Crippen LogP contribution >= 0.6 is 0 Å². The summed E-state index contributed by atoms with van der Waals surface area (Å²) in [5.41, 5.74) is 4.97. The molecule has 6 nitrogen and oxygen atoms in total. The molecule has 0 aliphatic carbocycles. The number of carbonyl (C=O) groups is 1. The van der Waals surface area contributed by atoms with Crippen molar-refractivity contribution in [3.05, 3.63) is 35.7 Å². The maximum absolute atomic E-state index is 12.5. The van der Waals surface area contributed by atoms with Crippen LogP contribution in [-0.2, 0) is 10.9 Å². The van der Waals surface area contributed by atoms with Gasteiger partial charge in [0.2, 0.25) is 0 Å². The molecule has 0 amide bonds. The van der Waals surface area contributed by atoms with E-state index in [4.69, 9.17) is 10.5 Å². The number of nitrogens with one attached hydrogen (secondary N) is 1. The van der Waals surface area contributed by atoms with Crippen molar-refractivity contribution in [1.82, 2.24) is 10.1 Å². The van der Waals surface area contributed by atoms with Gasteiger partial charge in [-0.05, 0) is 13.0 Å². The number of hydrogen-bond donors (Lipinski definition) is 2. The van der Waals surface area contributed by atoms with Crippen LogP contribution in [0.4, 0.5) is 19.0 Å². The molecular weight excluding hydrogens is 289 g/mol. The number of alkyl halides is 3. The van der Waals surface area contributed by atoms with Gasteiger partial charge in [0, 0.05) is 6.07 Å². The van der Waals surface area contributed by atoms with Crippen molar-refractivity contribution in [3.63, 3.8) is 0 Å². The number of anilines is 1. The van der Waals surface area contributed by atoms with E-state index < -0.39 is 17.7 Å². The number of esters is 1. The van der Waals surface area contributed by atoms with Crippen molar-refractivity contribution in [2.75, 3.05) is 12.3 Å². The number of hydrogen-bond acceptors (Lipinski definition) is 4. The minimum Gasteiger partial charge on any atom is -0.462 e. The predicted molar refractivity (Wildman–Crippen MR) is 65.5 cm³/mol. The van der Waals surface area contributed by atoms with E-state index in [-0.39, 0.29) is 23.8 Å². The highest BCUT2D eigenvalue weighted by molar-refractivity contribution is 5.93. The van der Waals surface area contributed by atoms with Crippen molar-refractivity contribution in [3.8, 4) is 5.82 Å². The van der Waals surface area contributed by atoms with Gasteiger partial charge in [-0.1, -0.05) is 0 Å². The zero-order valence-corrected chi connectivity index (χ0v) is 10.9. The van der Waals surface area contributed by atoms with E-state index in [0.717, 1.165) is 12.1 Å². The van der Waals surface area contributed by atoms with Gasteiger partial charge in [0.15, 0.2) is 5.56 Å². The second kappa shape index (κ2) is 5.43. The standard InChI is InChI=1S/C12H11F3N4O2/c1-2-21-11(20)8-6-18-19(10(8)16)9-4-3-7(5-17-9)12(13,14)15/h3-6H,2H2,1H3,(H2,16,18,20)/p+1. The van der Waals surface area contributed by atoms with E-state index in [2.05, 4.69) is 10.1 Å². The molecule has 2 aromatic heterocycles. The number of nitrogens with zero attached hydrogens (tertiary/aromatic N) is 2. The number of aromatic nitrogens is 3. The molecule has 0 saturated carbocycles. The van der Waals surface area contributed by atoms with E-state index in [1.165, 1.54) is 10.9 Å². The van der Waals surface area contributed by atoms with Crippen molar-refractivity contribution < 1.29 is 27.4 Å². The number of H-pyrrole nitrogens is 1. The summed E-state index contributed by atoms with van der Waals surface area (Å²) in [4.78, 5) is 15.3. The third-order valence-electron chi connectivity index (χ3n) is 2.65. The van der Waals surface area contributed by atoms with Crippen LogP contribution in [0.15, 0.2) is 24.5 Å². The average molecular weight is 301 g/mol. The van der Waals surface area contributed by atoms with E-state index in [9.17, 15) is 18.0 Å². The Labute approximate surface area is 117 Å². The molecule has 0 fully saturated rings. The number of carbonyl (C=O) groups excluding carboxylic acids is 1. The molecule has 0 atom stereocenters. The fraction of sp³-hybridized carbons (Fsp3) is 0.250. The van der Waals surface area contributed by atoms with E-state index >= 15 is 0 Å². The summed E-state index contributed by atoms with van der Waals surface area (Å²) in [6, 6.07) is 2.02. The summed E-state index contributed by atoms with van der Waals surface area (Å²) in [6.07, 6.45) is -2.48. The second-order valence-electron chi connectivity index (χ2n) is 4.03. The fourth-order valence-corrected chi connectivity index (χ4v) is 1.64. The lowest BCUT2D eigenvalue weighted by Gasteiger charge is -2.04. The van der Waals surface area contributed by atoms with Crippen molar-refractivity contribution in [2.45, 2.75) is 13.1 Å². The van der Waals surface area contributed by atoms with Crippen molar-refractivity contribution in [1.29, 1.82) is 0 Å². The summed E-state index contributed by atoms with van der Waals surface area (Å²) in [5, 5.41) is 2.63. The van der Waals surface area contributed by atoms with Gasteiger partial charge >= 0.3 is 12.1 Å². The van der Waals surface area contributed by atoms with Gasteiger partial charge in [-0.15, -0.1) is 9.67 Å². The fourth-order valence-electron chi connectivity index (χ4n) is 1.64. The number of nitrogen functional groups attached to an aromatic ring is 1. The van der Waals surface area contributed by atoms with Crippen molar-refractivity contribution in [2.24, 2.45) is 0 Å². The van der Waals surface area contributed by atoms with Gasteiger partial charge in [-0.3, -0.25) is 5.10 Å². The lowest BCUT2D eigenvalue weighted by Crippen LogP contribution is -2.37. The molecule has 0 saturated heterocycles. The molecule has 21 heavy (non-hydrogen) atoms. The number of aromatic amines is 1. The molecule has 0 bridgehead atoms. The van der Waals surface area contributed by atoms with Crippen LogP contribution < -0.4 is 10.4 Å². The summed E-state index contributed by atoms with van der Waals surface area (Å²) in [5.74, 6) is -0.506. The maximum Gasteiger partial charge on any atom is 0.419 e. The Kier molecular flexibility index (Phi) is 3.83. The number of rotatable bonds is 3. The third kappa shape index (κ3) is 2.96. The quantitative estimate of drug-likeness (QED) is 0.664. The highest BCUT2D eigenvalue weighted by Gasteiger charge is 2.32. The molecule has 0 radical (unpaired) electrons. The van der Waals surface area contributed by atoms with Gasteiger partial charge in [0.05, 0.1) is 18.4 Å². The maximum atomic E-state index is 12.5. The van der Waals surface area contributed by atoms with Gasteiger partial charge in [0.1, 0.15) is 6.20 Å². The van der Waals surface area contributed by atoms with Crippen LogP contribution in [0.25, 0.3) is 5.82 Å². The molecular formula is C12H12F3N4O2+. The molecule has 112 valence electrons. The zero-order chi connectivity index (χ0) is 15.6. The third-order valence-corrected chi connectivity index (χ3v) is 2.65. The molecule has 0 spiro atoms. The summed E-state index contributed by atoms with van der Waals surface area (Å²) in [6.45, 7) is 1.83. The molecule has 2 aromatic rings. The molecule has 3 N–H and O–H groups in total. The SMILES string of the molecule is CCOC(=O)c1c[nH][n+](-c2ccc(C(F)(F)F)cn2)c1N. The number of halogens is 3. The molecule has 0 aliphatic heterocycles. The van der Waals surface area contributed by atoms with Gasteiger partial charge in [-0.2, -0.15) is 13.2 Å². The summed E-state index contributed by atoms with van der Waals surface area (Å²) in [7, 11) is 0. The van der Waals surface area contributed by atoms with Gasteiger partial charge in [-0.25, -0.2) is 4.79 Å². The Bertz CT molecular complexity index is 650. The molecule has 2 rings (SSSR count). The Hall–Kier alpha value is -2.58. The largest absolute Gasteiger partial charge is 0.462 e. The molecule has 0 unspecified atom stereocenters. The zero-order valence-electron chi connectivity index (χ0n) is 10.9. The predicted octanol–water partition coefficient (Wildman–Crippen LogP) is 1.46. The summed E-state index contributed by atoms with van der Waals surface area (Å²) < 4.78 is 43.4. The second-order valence-corrected chi connectivity index (χ2v) is 4.03. The minimum atomic E-state index is -4.46. The van der Waals surface area contributed by atoms with Crippen LogP contribution in [0, 0.1) is 0 Å². The van der Waals surface area contributed by atoms with Gasteiger partial charge < -0.3 is 10.5 Å². The van der Waals surface area contributed by atoms with E-state index in [0.29, 0.717) is 6.20 Å². The first-order valence-corrected chi connectivity index (χ1v) is 5.94. The van der Waals surface area contributed by atoms with Crippen LogP contribution in [0.2, 0.25) is 0 Å².